The summed E-state index contributed by atoms with van der Waals surface area (Å²) in [5.41, 5.74) is 1.33. The van der Waals surface area contributed by atoms with Gasteiger partial charge in [-0.25, -0.2) is 0 Å². The van der Waals surface area contributed by atoms with Crippen molar-refractivity contribution in [3.05, 3.63) is 68.5 Å². The molecular formula is C14H12ClFN2O2. The summed E-state index contributed by atoms with van der Waals surface area (Å²) < 4.78 is 13.9. The smallest absolute Gasteiger partial charge is 0.305 e. The summed E-state index contributed by atoms with van der Waals surface area (Å²) in [5, 5.41) is 14.3. The van der Waals surface area contributed by atoms with Crippen molar-refractivity contribution in [3.8, 4) is 0 Å². The third kappa shape index (κ3) is 2.88. The highest BCUT2D eigenvalue weighted by molar-refractivity contribution is 6.31. The Bertz CT molecular complexity index is 662. The van der Waals surface area contributed by atoms with E-state index in [1.807, 2.05) is 13.0 Å². The van der Waals surface area contributed by atoms with Crippen molar-refractivity contribution < 1.29 is 9.31 Å². The van der Waals surface area contributed by atoms with E-state index in [-0.39, 0.29) is 12.1 Å². The number of benzene rings is 2. The summed E-state index contributed by atoms with van der Waals surface area (Å²) in [5.74, 6) is -0.815. The fourth-order valence-electron chi connectivity index (χ4n) is 1.83. The van der Waals surface area contributed by atoms with Crippen molar-refractivity contribution in [2.75, 3.05) is 5.32 Å². The van der Waals surface area contributed by atoms with Gasteiger partial charge in [0.1, 0.15) is 0 Å². The lowest BCUT2D eigenvalue weighted by atomic mass is 10.1. The van der Waals surface area contributed by atoms with Gasteiger partial charge in [-0.3, -0.25) is 10.1 Å². The SMILES string of the molecule is Cc1c(Cl)cccc1NCc1cccc([N+](=O)[O-])c1F. The molecule has 0 saturated carbocycles. The Kier molecular flexibility index (Phi) is 4.20. The van der Waals surface area contributed by atoms with Crippen molar-refractivity contribution >= 4 is 23.0 Å². The van der Waals surface area contributed by atoms with Crippen LogP contribution in [0.1, 0.15) is 11.1 Å². The fourth-order valence-corrected chi connectivity index (χ4v) is 2.01. The van der Waals surface area contributed by atoms with Crippen LogP contribution in [0.25, 0.3) is 0 Å². The van der Waals surface area contributed by atoms with Gasteiger partial charge >= 0.3 is 5.69 Å². The third-order valence-electron chi connectivity index (χ3n) is 2.99. The number of halogens is 2. The van der Waals surface area contributed by atoms with Crippen LogP contribution in [0.4, 0.5) is 15.8 Å². The molecule has 4 nitrogen and oxygen atoms in total. The van der Waals surface area contributed by atoms with E-state index < -0.39 is 16.4 Å². The van der Waals surface area contributed by atoms with E-state index in [1.165, 1.54) is 12.1 Å². The zero-order chi connectivity index (χ0) is 14.7. The van der Waals surface area contributed by atoms with Gasteiger partial charge in [-0.15, -0.1) is 0 Å². The van der Waals surface area contributed by atoms with E-state index in [2.05, 4.69) is 5.32 Å². The number of rotatable bonds is 4. The number of nitrogens with one attached hydrogen (secondary N) is 1. The number of nitrogens with zero attached hydrogens (tertiary/aromatic N) is 1. The summed E-state index contributed by atoms with van der Waals surface area (Å²) >= 11 is 5.99. The van der Waals surface area contributed by atoms with E-state index in [0.29, 0.717) is 5.02 Å². The fraction of sp³-hybridized carbons (Fsp3) is 0.143. The quantitative estimate of drug-likeness (QED) is 0.675. The number of anilines is 1. The molecule has 20 heavy (non-hydrogen) atoms. The van der Waals surface area contributed by atoms with E-state index >= 15 is 0 Å². The molecule has 6 heteroatoms. The van der Waals surface area contributed by atoms with E-state index in [4.69, 9.17) is 11.6 Å². The molecule has 0 spiro atoms. The van der Waals surface area contributed by atoms with Crippen LogP contribution >= 0.6 is 11.6 Å². The predicted octanol–water partition coefficient (Wildman–Crippen LogP) is 4.31. The van der Waals surface area contributed by atoms with Crippen LogP contribution in [0, 0.1) is 22.9 Å². The maximum atomic E-state index is 13.9. The first-order valence-corrected chi connectivity index (χ1v) is 6.29. The van der Waals surface area contributed by atoms with Crippen LogP contribution in [-0.4, -0.2) is 4.92 Å². The molecule has 0 amide bonds. The maximum absolute atomic E-state index is 13.9. The van der Waals surface area contributed by atoms with Crippen LogP contribution in [0.2, 0.25) is 5.02 Å². The average molecular weight is 295 g/mol. The van der Waals surface area contributed by atoms with Crippen molar-refractivity contribution in [2.45, 2.75) is 13.5 Å². The van der Waals surface area contributed by atoms with Crippen molar-refractivity contribution in [3.63, 3.8) is 0 Å². The van der Waals surface area contributed by atoms with Crippen LogP contribution < -0.4 is 5.32 Å². The van der Waals surface area contributed by atoms with Gasteiger partial charge in [0.15, 0.2) is 0 Å². The lowest BCUT2D eigenvalue weighted by Gasteiger charge is -2.11. The minimum atomic E-state index is -0.815. The van der Waals surface area contributed by atoms with E-state index in [9.17, 15) is 14.5 Å². The standard InChI is InChI=1S/C14H12ClFN2O2/c1-9-11(15)5-3-6-12(9)17-8-10-4-2-7-13(14(10)16)18(19)20/h2-7,17H,8H2,1H3. The number of nitro benzene ring substituents is 1. The summed E-state index contributed by atoms with van der Waals surface area (Å²) in [4.78, 5) is 9.94. The van der Waals surface area contributed by atoms with Gasteiger partial charge in [0.25, 0.3) is 0 Å². The molecule has 0 atom stereocenters. The first-order chi connectivity index (χ1) is 9.50. The van der Waals surface area contributed by atoms with E-state index in [1.54, 1.807) is 12.1 Å². The monoisotopic (exact) mass is 294 g/mol. The summed E-state index contributed by atoms with van der Waals surface area (Å²) in [6.07, 6.45) is 0. The van der Waals surface area contributed by atoms with Gasteiger partial charge in [-0.1, -0.05) is 29.8 Å². The van der Waals surface area contributed by atoms with Crippen molar-refractivity contribution in [1.82, 2.24) is 0 Å². The highest BCUT2D eigenvalue weighted by atomic mass is 35.5. The molecule has 0 aliphatic rings. The topological polar surface area (TPSA) is 55.2 Å². The lowest BCUT2D eigenvalue weighted by molar-refractivity contribution is -0.387. The minimum absolute atomic E-state index is 0.148. The summed E-state index contributed by atoms with van der Waals surface area (Å²) in [6.45, 7) is 1.99. The molecule has 0 bridgehead atoms. The zero-order valence-corrected chi connectivity index (χ0v) is 11.4. The second-order valence-corrected chi connectivity index (χ2v) is 4.68. The molecule has 2 rings (SSSR count). The van der Waals surface area contributed by atoms with Crippen LogP contribution in [-0.2, 0) is 6.54 Å². The van der Waals surface area contributed by atoms with Crippen molar-refractivity contribution in [2.24, 2.45) is 0 Å². The molecular weight excluding hydrogens is 283 g/mol. The van der Waals surface area contributed by atoms with Gasteiger partial charge < -0.3 is 5.32 Å². The largest absolute Gasteiger partial charge is 0.381 e. The lowest BCUT2D eigenvalue weighted by Crippen LogP contribution is -2.05. The molecule has 2 aromatic carbocycles. The molecule has 2 aromatic rings. The molecule has 0 aliphatic heterocycles. The minimum Gasteiger partial charge on any atom is -0.381 e. The van der Waals surface area contributed by atoms with Gasteiger partial charge in [0.2, 0.25) is 5.82 Å². The van der Waals surface area contributed by atoms with Crippen LogP contribution in [0.3, 0.4) is 0 Å². The molecule has 0 saturated heterocycles. The zero-order valence-electron chi connectivity index (χ0n) is 10.7. The third-order valence-corrected chi connectivity index (χ3v) is 3.40. The molecule has 0 fully saturated rings. The number of hydrogen-bond acceptors (Lipinski definition) is 3. The predicted molar refractivity (Wildman–Crippen MR) is 76.6 cm³/mol. The summed E-state index contributed by atoms with van der Waals surface area (Å²) in [6, 6.07) is 9.47. The van der Waals surface area contributed by atoms with Gasteiger partial charge in [0, 0.05) is 28.9 Å². The van der Waals surface area contributed by atoms with Crippen LogP contribution in [0.5, 0.6) is 0 Å². The number of hydrogen-bond donors (Lipinski definition) is 1. The molecule has 1 N–H and O–H groups in total. The highest BCUT2D eigenvalue weighted by Gasteiger charge is 2.16. The Morgan fingerprint density at radius 1 is 1.30 bits per heavy atom. The van der Waals surface area contributed by atoms with Crippen molar-refractivity contribution in [1.29, 1.82) is 0 Å². The first kappa shape index (κ1) is 14.3. The normalized spacial score (nSPS) is 10.3. The molecule has 0 radical (unpaired) electrons. The average Bonchev–Trinajstić information content (AvgIpc) is 2.41. The molecule has 0 unspecified atom stereocenters. The Hall–Kier alpha value is -2.14. The first-order valence-electron chi connectivity index (χ1n) is 5.91. The Balaban J connectivity index is 2.21. The Morgan fingerprint density at radius 3 is 2.70 bits per heavy atom. The second kappa shape index (κ2) is 5.88. The van der Waals surface area contributed by atoms with Crippen LogP contribution in [0.15, 0.2) is 36.4 Å². The molecule has 104 valence electrons. The molecule has 0 aromatic heterocycles. The Morgan fingerprint density at radius 2 is 2.00 bits per heavy atom. The maximum Gasteiger partial charge on any atom is 0.305 e. The molecule has 0 heterocycles. The van der Waals surface area contributed by atoms with Gasteiger partial charge in [-0.2, -0.15) is 4.39 Å². The molecule has 0 aliphatic carbocycles. The number of nitro groups is 1. The second-order valence-electron chi connectivity index (χ2n) is 4.27. The summed E-state index contributed by atoms with van der Waals surface area (Å²) in [7, 11) is 0. The van der Waals surface area contributed by atoms with Gasteiger partial charge in [-0.05, 0) is 24.6 Å². The van der Waals surface area contributed by atoms with Gasteiger partial charge in [0.05, 0.1) is 4.92 Å². The highest BCUT2D eigenvalue weighted by Crippen LogP contribution is 2.25. The van der Waals surface area contributed by atoms with E-state index in [0.717, 1.165) is 17.3 Å². The Labute approximate surface area is 120 Å².